The Hall–Kier alpha value is -2.09. The van der Waals surface area contributed by atoms with Crippen LogP contribution in [0.1, 0.15) is 28.7 Å². The van der Waals surface area contributed by atoms with Gasteiger partial charge in [0.25, 0.3) is 5.91 Å². The second-order valence-electron chi connectivity index (χ2n) is 5.92. The molecule has 3 heterocycles. The molecule has 0 bridgehead atoms. The molecule has 8 heteroatoms. The van der Waals surface area contributed by atoms with E-state index in [0.29, 0.717) is 24.4 Å². The first-order valence-electron chi connectivity index (χ1n) is 7.88. The van der Waals surface area contributed by atoms with Crippen LogP contribution in [-0.2, 0) is 6.18 Å². The van der Waals surface area contributed by atoms with E-state index in [-0.39, 0.29) is 11.6 Å². The molecule has 24 heavy (non-hydrogen) atoms. The molecule has 2 aromatic rings. The number of alkyl halides is 3. The monoisotopic (exact) mass is 340 g/mol. The Morgan fingerprint density at radius 2 is 1.88 bits per heavy atom. The average Bonchev–Trinajstić information content (AvgIpc) is 2.88. The number of carbonyl (C=O) groups is 1. The quantitative estimate of drug-likeness (QED) is 0.843. The summed E-state index contributed by atoms with van der Waals surface area (Å²) < 4.78 is 40.1. The van der Waals surface area contributed by atoms with Gasteiger partial charge in [-0.15, -0.1) is 0 Å². The number of imidazole rings is 1. The zero-order chi connectivity index (χ0) is 17.5. The molecule has 0 radical (unpaired) electrons. The molecule has 130 valence electrons. The number of halogens is 3. The number of aryl methyl sites for hydroxylation is 1. The first-order valence-corrected chi connectivity index (χ1v) is 7.88. The molecule has 2 aromatic heterocycles. The van der Waals surface area contributed by atoms with Crippen molar-refractivity contribution in [1.29, 1.82) is 0 Å². The smallest absolute Gasteiger partial charge is 0.335 e. The van der Waals surface area contributed by atoms with Gasteiger partial charge in [0, 0.05) is 32.4 Å². The molecule has 0 saturated carbocycles. The highest BCUT2D eigenvalue weighted by molar-refractivity contribution is 5.94. The molecule has 1 aliphatic rings. The van der Waals surface area contributed by atoms with Gasteiger partial charge in [0.1, 0.15) is 11.3 Å². The summed E-state index contributed by atoms with van der Waals surface area (Å²) >= 11 is 0. The molecule has 1 saturated heterocycles. The second kappa shape index (κ2) is 6.08. The summed E-state index contributed by atoms with van der Waals surface area (Å²) in [5.41, 5.74) is 0.201. The summed E-state index contributed by atoms with van der Waals surface area (Å²) in [5.74, 6) is -0.268. The van der Waals surface area contributed by atoms with E-state index >= 15 is 0 Å². The lowest BCUT2D eigenvalue weighted by atomic mass is 10.2. The Balaban J connectivity index is 1.96. The van der Waals surface area contributed by atoms with E-state index in [2.05, 4.69) is 16.8 Å². The van der Waals surface area contributed by atoms with Crippen molar-refractivity contribution in [2.24, 2.45) is 0 Å². The number of carbonyl (C=O) groups excluding carboxylic acids is 1. The zero-order valence-electron chi connectivity index (χ0n) is 13.6. The predicted molar refractivity (Wildman–Crippen MR) is 82.9 cm³/mol. The van der Waals surface area contributed by atoms with E-state index in [4.69, 9.17) is 0 Å². The Labute approximate surface area is 137 Å². The molecular weight excluding hydrogens is 321 g/mol. The summed E-state index contributed by atoms with van der Waals surface area (Å²) in [6.07, 6.45) is -3.51. The van der Waals surface area contributed by atoms with E-state index < -0.39 is 11.7 Å². The van der Waals surface area contributed by atoms with E-state index in [1.54, 1.807) is 11.8 Å². The van der Waals surface area contributed by atoms with Gasteiger partial charge >= 0.3 is 6.18 Å². The number of fused-ring (bicyclic) bond motifs is 1. The fraction of sp³-hybridized carbons (Fsp3) is 0.500. The molecule has 3 rings (SSSR count). The van der Waals surface area contributed by atoms with Crippen LogP contribution in [0, 0.1) is 6.92 Å². The topological polar surface area (TPSA) is 40.8 Å². The van der Waals surface area contributed by atoms with Crippen LogP contribution in [0.4, 0.5) is 13.2 Å². The van der Waals surface area contributed by atoms with Crippen molar-refractivity contribution >= 4 is 11.6 Å². The lowest BCUT2D eigenvalue weighted by molar-refractivity contribution is -0.137. The molecule has 0 spiro atoms. The third kappa shape index (κ3) is 2.98. The van der Waals surface area contributed by atoms with Gasteiger partial charge in [-0.05, 0) is 25.6 Å². The van der Waals surface area contributed by atoms with Crippen LogP contribution in [0.2, 0.25) is 0 Å². The standard InChI is InChI=1S/C16H19F3N4O/c1-3-21-6-8-22(9-7-21)15(24)14-11(2)20-13-5-4-12(10-23(13)14)16(17,18)19/h4-5,10H,3,6-9H2,1-2H3. The normalized spacial score (nSPS) is 16.8. The van der Waals surface area contributed by atoms with Crippen LogP contribution in [0.25, 0.3) is 5.65 Å². The molecule has 0 aromatic carbocycles. The molecule has 1 aliphatic heterocycles. The van der Waals surface area contributed by atoms with E-state index in [1.165, 1.54) is 10.5 Å². The number of likely N-dealkylation sites (N-methyl/N-ethyl adjacent to an activating group) is 1. The van der Waals surface area contributed by atoms with Crippen molar-refractivity contribution in [1.82, 2.24) is 19.2 Å². The molecule has 1 fully saturated rings. The molecule has 0 aliphatic carbocycles. The van der Waals surface area contributed by atoms with Gasteiger partial charge in [-0.2, -0.15) is 13.2 Å². The summed E-state index contributed by atoms with van der Waals surface area (Å²) in [7, 11) is 0. The molecule has 0 N–H and O–H groups in total. The maximum atomic E-state index is 13.0. The van der Waals surface area contributed by atoms with Gasteiger partial charge in [-0.3, -0.25) is 9.20 Å². The Kier molecular flexibility index (Phi) is 4.25. The van der Waals surface area contributed by atoms with Gasteiger partial charge < -0.3 is 9.80 Å². The number of hydrogen-bond donors (Lipinski definition) is 0. The third-order valence-electron chi connectivity index (χ3n) is 4.43. The van der Waals surface area contributed by atoms with Crippen molar-refractivity contribution < 1.29 is 18.0 Å². The highest BCUT2D eigenvalue weighted by atomic mass is 19.4. The SMILES string of the molecule is CCN1CCN(C(=O)c2c(C)nc3ccc(C(F)(F)F)cn23)CC1. The minimum Gasteiger partial charge on any atom is -0.335 e. The average molecular weight is 340 g/mol. The second-order valence-corrected chi connectivity index (χ2v) is 5.92. The van der Waals surface area contributed by atoms with Crippen LogP contribution >= 0.6 is 0 Å². The lowest BCUT2D eigenvalue weighted by Gasteiger charge is -2.34. The molecule has 1 amide bonds. The minimum atomic E-state index is -4.46. The molecule has 0 atom stereocenters. The highest BCUT2D eigenvalue weighted by Gasteiger charge is 2.32. The van der Waals surface area contributed by atoms with Crippen molar-refractivity contribution in [3.63, 3.8) is 0 Å². The maximum Gasteiger partial charge on any atom is 0.417 e. The largest absolute Gasteiger partial charge is 0.417 e. The Bertz CT molecular complexity index is 761. The number of amides is 1. The zero-order valence-corrected chi connectivity index (χ0v) is 13.6. The summed E-state index contributed by atoms with van der Waals surface area (Å²) in [5, 5.41) is 0. The number of aromatic nitrogens is 2. The highest BCUT2D eigenvalue weighted by Crippen LogP contribution is 2.30. The minimum absolute atomic E-state index is 0.209. The van der Waals surface area contributed by atoms with Gasteiger partial charge in [-0.1, -0.05) is 6.92 Å². The van der Waals surface area contributed by atoms with E-state index in [1.807, 2.05) is 0 Å². The first-order chi connectivity index (χ1) is 11.3. The fourth-order valence-corrected chi connectivity index (χ4v) is 3.00. The van der Waals surface area contributed by atoms with Crippen molar-refractivity contribution in [3.8, 4) is 0 Å². The van der Waals surface area contributed by atoms with E-state index in [9.17, 15) is 18.0 Å². The number of pyridine rings is 1. The molecular formula is C16H19F3N4O. The number of nitrogens with zero attached hydrogens (tertiary/aromatic N) is 4. The Morgan fingerprint density at radius 1 is 1.21 bits per heavy atom. The van der Waals surface area contributed by atoms with Gasteiger partial charge in [0.2, 0.25) is 0 Å². The van der Waals surface area contributed by atoms with Gasteiger partial charge in [-0.25, -0.2) is 4.98 Å². The number of hydrogen-bond acceptors (Lipinski definition) is 3. The third-order valence-corrected chi connectivity index (χ3v) is 4.43. The van der Waals surface area contributed by atoms with Crippen LogP contribution < -0.4 is 0 Å². The van der Waals surface area contributed by atoms with Crippen molar-refractivity contribution in [3.05, 3.63) is 35.3 Å². The molecule has 5 nitrogen and oxygen atoms in total. The maximum absolute atomic E-state index is 13.0. The fourth-order valence-electron chi connectivity index (χ4n) is 3.00. The Morgan fingerprint density at radius 3 is 2.46 bits per heavy atom. The van der Waals surface area contributed by atoms with Crippen molar-refractivity contribution in [2.75, 3.05) is 32.7 Å². The van der Waals surface area contributed by atoms with Crippen LogP contribution in [0.15, 0.2) is 18.3 Å². The van der Waals surface area contributed by atoms with Crippen LogP contribution in [0.5, 0.6) is 0 Å². The van der Waals surface area contributed by atoms with Gasteiger partial charge in [0.05, 0.1) is 11.3 Å². The first kappa shape index (κ1) is 16.8. The van der Waals surface area contributed by atoms with Crippen LogP contribution in [0.3, 0.4) is 0 Å². The summed E-state index contributed by atoms with van der Waals surface area (Å²) in [6, 6.07) is 2.28. The number of piperazine rings is 1. The summed E-state index contributed by atoms with van der Waals surface area (Å²) in [6.45, 7) is 7.31. The van der Waals surface area contributed by atoms with Gasteiger partial charge in [0.15, 0.2) is 0 Å². The van der Waals surface area contributed by atoms with Crippen molar-refractivity contribution in [2.45, 2.75) is 20.0 Å². The summed E-state index contributed by atoms with van der Waals surface area (Å²) in [4.78, 5) is 21.0. The van der Waals surface area contributed by atoms with E-state index in [0.717, 1.165) is 31.9 Å². The predicted octanol–water partition coefficient (Wildman–Crippen LogP) is 2.44. The number of rotatable bonds is 2. The lowest BCUT2D eigenvalue weighted by Crippen LogP contribution is -2.48. The van der Waals surface area contributed by atoms with Crippen LogP contribution in [-0.4, -0.2) is 57.8 Å². The molecule has 0 unspecified atom stereocenters.